The minimum atomic E-state index is -0.331. The van der Waals surface area contributed by atoms with E-state index in [2.05, 4.69) is 17.2 Å². The second-order valence-corrected chi connectivity index (χ2v) is 6.94. The van der Waals surface area contributed by atoms with Gasteiger partial charge in [-0.25, -0.2) is 9.78 Å². The maximum absolute atomic E-state index is 12.3. The number of ether oxygens (including phenoxy) is 1. The van der Waals surface area contributed by atoms with Gasteiger partial charge in [-0.15, -0.1) is 0 Å². The average molecular weight is 355 g/mol. The van der Waals surface area contributed by atoms with E-state index in [0.717, 1.165) is 11.3 Å². The van der Waals surface area contributed by atoms with Gasteiger partial charge in [-0.3, -0.25) is 0 Å². The fraction of sp³-hybridized carbons (Fsp3) is 0.400. The van der Waals surface area contributed by atoms with Gasteiger partial charge in [0.05, 0.1) is 18.0 Å². The minimum Gasteiger partial charge on any atom is -0.439 e. The second kappa shape index (κ2) is 7.74. The Bertz CT molecular complexity index is 776. The molecule has 26 heavy (non-hydrogen) atoms. The number of likely N-dealkylation sites (tertiary alicyclic amines) is 1. The lowest BCUT2D eigenvalue weighted by Crippen LogP contribution is -2.46. The van der Waals surface area contributed by atoms with Crippen LogP contribution in [0.1, 0.15) is 24.5 Å². The monoisotopic (exact) mass is 355 g/mol. The van der Waals surface area contributed by atoms with Crippen LogP contribution in [0.5, 0.6) is 11.6 Å². The molecule has 0 spiro atoms. The number of carbonyl (C=O) groups is 1. The fourth-order valence-electron chi connectivity index (χ4n) is 2.93. The average Bonchev–Trinajstić information content (AvgIpc) is 2.62. The van der Waals surface area contributed by atoms with Crippen molar-refractivity contribution in [2.75, 3.05) is 18.4 Å². The molecule has 1 aromatic carbocycles. The van der Waals surface area contributed by atoms with Crippen LogP contribution in [0.2, 0.25) is 0 Å². The molecule has 1 fully saturated rings. The van der Waals surface area contributed by atoms with Crippen molar-refractivity contribution in [1.82, 2.24) is 9.88 Å². The third-order valence-corrected chi connectivity index (χ3v) is 4.84. The molecule has 2 N–H and O–H groups in total. The molecule has 138 valence electrons. The number of nitrogens with one attached hydrogen (secondary N) is 1. The zero-order valence-electron chi connectivity index (χ0n) is 15.4. The topological polar surface area (TPSA) is 74.7 Å². The summed E-state index contributed by atoms with van der Waals surface area (Å²) < 4.78 is 5.75. The number of aliphatic hydroxyl groups is 1. The molecule has 0 radical (unpaired) electrons. The highest BCUT2D eigenvalue weighted by atomic mass is 16.5. The molecule has 3 rings (SSSR count). The number of urea groups is 1. The molecule has 6 heteroatoms. The van der Waals surface area contributed by atoms with Crippen molar-refractivity contribution in [2.24, 2.45) is 5.92 Å². The van der Waals surface area contributed by atoms with E-state index in [1.807, 2.05) is 32.0 Å². The van der Waals surface area contributed by atoms with Crippen LogP contribution in [0.15, 0.2) is 36.5 Å². The molecule has 1 saturated heterocycles. The largest absolute Gasteiger partial charge is 0.439 e. The number of amides is 2. The second-order valence-electron chi connectivity index (χ2n) is 6.94. The van der Waals surface area contributed by atoms with Crippen molar-refractivity contribution < 1.29 is 14.6 Å². The van der Waals surface area contributed by atoms with E-state index in [1.54, 1.807) is 23.2 Å². The first-order valence-corrected chi connectivity index (χ1v) is 8.87. The normalized spacial score (nSPS) is 19.9. The van der Waals surface area contributed by atoms with Crippen LogP contribution >= 0.6 is 0 Å². The number of anilines is 1. The first kappa shape index (κ1) is 18.2. The Hall–Kier alpha value is -2.60. The number of carbonyl (C=O) groups excluding carboxylic acids is 1. The zero-order chi connectivity index (χ0) is 18.7. The highest BCUT2D eigenvalue weighted by molar-refractivity contribution is 5.89. The predicted octanol–water partition coefficient (Wildman–Crippen LogP) is 3.73. The number of benzene rings is 1. The lowest BCUT2D eigenvalue weighted by atomic mass is 9.97. The summed E-state index contributed by atoms with van der Waals surface area (Å²) in [6.07, 6.45) is 1.86. The fourth-order valence-corrected chi connectivity index (χ4v) is 2.93. The van der Waals surface area contributed by atoms with Crippen LogP contribution in [0.4, 0.5) is 10.5 Å². The summed E-state index contributed by atoms with van der Waals surface area (Å²) in [4.78, 5) is 18.3. The Labute approximate surface area is 153 Å². The highest BCUT2D eigenvalue weighted by Crippen LogP contribution is 2.23. The van der Waals surface area contributed by atoms with Crippen molar-refractivity contribution in [2.45, 2.75) is 33.3 Å². The number of nitrogens with zero attached hydrogens (tertiary/aromatic N) is 2. The third kappa shape index (κ3) is 4.32. The van der Waals surface area contributed by atoms with Crippen LogP contribution in [-0.4, -0.2) is 40.2 Å². The molecule has 6 nitrogen and oxygen atoms in total. The van der Waals surface area contributed by atoms with Crippen LogP contribution in [0.3, 0.4) is 0 Å². The SMILES string of the molecule is Cc1ccc(Oc2ccc(NC(=O)N3CC[C@H](O)[C@H](C)C3)cn2)cc1C. The Morgan fingerprint density at radius 2 is 2.08 bits per heavy atom. The van der Waals surface area contributed by atoms with Crippen molar-refractivity contribution in [3.63, 3.8) is 0 Å². The lowest BCUT2D eigenvalue weighted by Gasteiger charge is -2.34. The van der Waals surface area contributed by atoms with Gasteiger partial charge in [0, 0.05) is 19.2 Å². The van der Waals surface area contributed by atoms with E-state index in [0.29, 0.717) is 31.1 Å². The van der Waals surface area contributed by atoms with Gasteiger partial charge in [-0.05, 0) is 55.5 Å². The summed E-state index contributed by atoms with van der Waals surface area (Å²) in [5.74, 6) is 1.29. The van der Waals surface area contributed by atoms with E-state index in [-0.39, 0.29) is 18.1 Å². The lowest BCUT2D eigenvalue weighted by molar-refractivity contribution is 0.0506. The van der Waals surface area contributed by atoms with Gasteiger partial charge in [0.1, 0.15) is 5.75 Å². The summed E-state index contributed by atoms with van der Waals surface area (Å²) >= 11 is 0. The van der Waals surface area contributed by atoms with E-state index >= 15 is 0 Å². The van der Waals surface area contributed by atoms with Gasteiger partial charge < -0.3 is 20.1 Å². The van der Waals surface area contributed by atoms with Gasteiger partial charge in [0.15, 0.2) is 0 Å². The van der Waals surface area contributed by atoms with Gasteiger partial charge in [-0.2, -0.15) is 0 Å². The Balaban J connectivity index is 1.59. The molecule has 0 aliphatic carbocycles. The Kier molecular flexibility index (Phi) is 5.42. The molecule has 1 aliphatic heterocycles. The number of aryl methyl sites for hydroxylation is 2. The summed E-state index contributed by atoms with van der Waals surface area (Å²) in [5.41, 5.74) is 2.98. The maximum atomic E-state index is 12.3. The van der Waals surface area contributed by atoms with Crippen LogP contribution in [0, 0.1) is 19.8 Å². The molecule has 2 amide bonds. The molecular weight excluding hydrogens is 330 g/mol. The van der Waals surface area contributed by atoms with E-state index in [4.69, 9.17) is 4.74 Å². The molecule has 2 aromatic rings. The van der Waals surface area contributed by atoms with Crippen LogP contribution < -0.4 is 10.1 Å². The summed E-state index contributed by atoms with van der Waals surface area (Å²) in [5, 5.41) is 12.6. The van der Waals surface area contributed by atoms with Gasteiger partial charge in [0.2, 0.25) is 5.88 Å². The van der Waals surface area contributed by atoms with Crippen LogP contribution in [0.25, 0.3) is 0 Å². The molecule has 1 aliphatic rings. The minimum absolute atomic E-state index is 0.0846. The number of aromatic nitrogens is 1. The van der Waals surface area contributed by atoms with Crippen LogP contribution in [-0.2, 0) is 0 Å². The summed E-state index contributed by atoms with van der Waals surface area (Å²) in [7, 11) is 0. The van der Waals surface area contributed by atoms with E-state index < -0.39 is 0 Å². The van der Waals surface area contributed by atoms with Crippen molar-refractivity contribution in [3.05, 3.63) is 47.7 Å². The number of piperidine rings is 1. The first-order chi connectivity index (χ1) is 12.4. The number of aliphatic hydroxyl groups excluding tert-OH is 1. The van der Waals surface area contributed by atoms with Crippen molar-refractivity contribution in [3.8, 4) is 11.6 Å². The predicted molar refractivity (Wildman–Crippen MR) is 101 cm³/mol. The van der Waals surface area contributed by atoms with Gasteiger partial charge in [-0.1, -0.05) is 13.0 Å². The number of rotatable bonds is 3. The number of hydrogen-bond donors (Lipinski definition) is 2. The van der Waals surface area contributed by atoms with Gasteiger partial charge in [0.25, 0.3) is 0 Å². The quantitative estimate of drug-likeness (QED) is 0.880. The molecule has 2 atom stereocenters. The molecule has 2 heterocycles. The maximum Gasteiger partial charge on any atom is 0.321 e. The number of hydrogen-bond acceptors (Lipinski definition) is 4. The Morgan fingerprint density at radius 3 is 2.73 bits per heavy atom. The highest BCUT2D eigenvalue weighted by Gasteiger charge is 2.27. The molecular formula is C20H25N3O3. The Morgan fingerprint density at radius 1 is 1.27 bits per heavy atom. The van der Waals surface area contributed by atoms with Crippen molar-refractivity contribution in [1.29, 1.82) is 0 Å². The van der Waals surface area contributed by atoms with E-state index in [9.17, 15) is 9.90 Å². The molecule has 1 aromatic heterocycles. The molecule has 0 saturated carbocycles. The third-order valence-electron chi connectivity index (χ3n) is 4.84. The zero-order valence-corrected chi connectivity index (χ0v) is 15.4. The smallest absolute Gasteiger partial charge is 0.321 e. The number of pyridine rings is 1. The summed E-state index contributed by atoms with van der Waals surface area (Å²) in [6, 6.07) is 9.21. The molecule has 0 unspecified atom stereocenters. The van der Waals surface area contributed by atoms with Gasteiger partial charge >= 0.3 is 6.03 Å². The standard InChI is InChI=1S/C20H25N3O3/c1-13-4-6-17(10-14(13)2)26-19-7-5-16(11-21-19)22-20(25)23-9-8-18(24)15(3)12-23/h4-7,10-11,15,18,24H,8-9,12H2,1-3H3,(H,22,25)/t15-,18+/m1/s1. The first-order valence-electron chi connectivity index (χ1n) is 8.87. The van der Waals surface area contributed by atoms with E-state index in [1.165, 1.54) is 5.56 Å². The molecule has 0 bridgehead atoms. The van der Waals surface area contributed by atoms with Crippen molar-refractivity contribution >= 4 is 11.7 Å². The summed E-state index contributed by atoms with van der Waals surface area (Å²) in [6.45, 7) is 7.14.